The Hall–Kier alpha value is -0.300. The van der Waals surface area contributed by atoms with Gasteiger partial charge in [-0.05, 0) is 25.2 Å². The maximum atomic E-state index is 6.07. The van der Waals surface area contributed by atoms with Crippen LogP contribution >= 0.6 is 0 Å². The van der Waals surface area contributed by atoms with E-state index < -0.39 is 0 Å². The van der Waals surface area contributed by atoms with Crippen molar-refractivity contribution < 1.29 is 0 Å². The fourth-order valence-electron chi connectivity index (χ4n) is 1.09. The van der Waals surface area contributed by atoms with Crippen molar-refractivity contribution in [3.05, 3.63) is 12.2 Å². The summed E-state index contributed by atoms with van der Waals surface area (Å²) in [5.41, 5.74) is 7.34. The summed E-state index contributed by atoms with van der Waals surface area (Å²) in [6, 6.07) is 0. The maximum absolute atomic E-state index is 6.07. The Kier molecular flexibility index (Phi) is 3.52. The molecule has 0 spiro atoms. The average Bonchev–Trinajstić information content (AvgIpc) is 1.84. The number of hydrogen-bond acceptors (Lipinski definition) is 1. The first-order valence-corrected chi connectivity index (χ1v) is 4.66. The van der Waals surface area contributed by atoms with Crippen molar-refractivity contribution in [1.82, 2.24) is 0 Å². The zero-order valence-electron chi connectivity index (χ0n) is 9.20. The molecule has 0 amide bonds. The van der Waals surface area contributed by atoms with Gasteiger partial charge in [-0.2, -0.15) is 0 Å². The van der Waals surface area contributed by atoms with Crippen LogP contribution in [0.15, 0.2) is 12.2 Å². The summed E-state index contributed by atoms with van der Waals surface area (Å²) in [7, 11) is 0. The van der Waals surface area contributed by atoms with Crippen LogP contribution in [0.25, 0.3) is 0 Å². The second-order valence-corrected chi connectivity index (χ2v) is 5.11. The van der Waals surface area contributed by atoms with E-state index in [-0.39, 0.29) is 5.54 Å². The lowest BCUT2D eigenvalue weighted by Crippen LogP contribution is -2.38. The second kappa shape index (κ2) is 3.61. The van der Waals surface area contributed by atoms with Gasteiger partial charge in [-0.15, -0.1) is 0 Å². The summed E-state index contributed by atoms with van der Waals surface area (Å²) in [4.78, 5) is 0. The lowest BCUT2D eigenvalue weighted by Gasteiger charge is -2.30. The number of rotatable bonds is 3. The molecule has 1 atom stereocenters. The van der Waals surface area contributed by atoms with E-state index in [1.54, 1.807) is 0 Å². The molecule has 1 heteroatoms. The van der Waals surface area contributed by atoms with Crippen molar-refractivity contribution in [3.63, 3.8) is 0 Å². The first-order chi connectivity index (χ1) is 5.19. The molecule has 0 saturated heterocycles. The third kappa shape index (κ3) is 3.91. The van der Waals surface area contributed by atoms with E-state index in [4.69, 9.17) is 5.73 Å². The predicted octanol–water partition coefficient (Wildman–Crippen LogP) is 3.11. The molecule has 0 aliphatic rings. The quantitative estimate of drug-likeness (QED) is 0.645. The van der Waals surface area contributed by atoms with Crippen LogP contribution in [0, 0.1) is 5.41 Å². The molecule has 12 heavy (non-hydrogen) atoms. The van der Waals surface area contributed by atoms with Gasteiger partial charge in [-0.3, -0.25) is 0 Å². The molecule has 0 aromatic heterocycles. The highest BCUT2D eigenvalue weighted by atomic mass is 14.7. The molecule has 0 rings (SSSR count). The van der Waals surface area contributed by atoms with Crippen molar-refractivity contribution in [2.45, 2.75) is 53.0 Å². The predicted molar refractivity (Wildman–Crippen MR) is 56.1 cm³/mol. The van der Waals surface area contributed by atoms with Crippen LogP contribution in [0.2, 0.25) is 0 Å². The first kappa shape index (κ1) is 11.7. The molecule has 0 fully saturated rings. The Balaban J connectivity index is 4.23. The Morgan fingerprint density at radius 2 is 1.67 bits per heavy atom. The molecule has 0 aliphatic heterocycles. The molecule has 72 valence electrons. The molecule has 0 saturated carbocycles. The minimum absolute atomic E-state index is 0.187. The molecule has 0 aromatic rings. The summed E-state index contributed by atoms with van der Waals surface area (Å²) < 4.78 is 0. The van der Waals surface area contributed by atoms with Crippen LogP contribution in [0.5, 0.6) is 0 Å². The van der Waals surface area contributed by atoms with Gasteiger partial charge in [0.1, 0.15) is 0 Å². The first-order valence-electron chi connectivity index (χ1n) is 4.66. The van der Waals surface area contributed by atoms with Crippen molar-refractivity contribution in [2.24, 2.45) is 11.1 Å². The Morgan fingerprint density at radius 1 is 1.25 bits per heavy atom. The van der Waals surface area contributed by atoms with Gasteiger partial charge in [-0.25, -0.2) is 0 Å². The van der Waals surface area contributed by atoms with Gasteiger partial charge >= 0.3 is 0 Å². The highest BCUT2D eigenvalue weighted by Crippen LogP contribution is 2.29. The molecule has 0 aliphatic carbocycles. The van der Waals surface area contributed by atoms with Crippen molar-refractivity contribution >= 4 is 0 Å². The Labute approximate surface area is 77.0 Å². The van der Waals surface area contributed by atoms with Crippen LogP contribution in [0.1, 0.15) is 47.5 Å². The van der Waals surface area contributed by atoms with E-state index in [2.05, 4.69) is 41.2 Å². The zero-order chi connectivity index (χ0) is 9.99. The lowest BCUT2D eigenvalue weighted by atomic mass is 9.80. The lowest BCUT2D eigenvalue weighted by molar-refractivity contribution is 0.373. The van der Waals surface area contributed by atoms with Gasteiger partial charge in [0.15, 0.2) is 0 Å². The third-order valence-corrected chi connectivity index (χ3v) is 2.29. The van der Waals surface area contributed by atoms with E-state index in [0.717, 1.165) is 18.4 Å². The number of hydrogen-bond donors (Lipinski definition) is 1. The molecule has 0 aromatic carbocycles. The summed E-state index contributed by atoms with van der Waals surface area (Å²) in [5, 5.41) is 0. The molecule has 2 N–H and O–H groups in total. The highest BCUT2D eigenvalue weighted by molar-refractivity contribution is 5.14. The summed E-state index contributed by atoms with van der Waals surface area (Å²) in [6.07, 6.45) is 1.97. The van der Waals surface area contributed by atoms with Gasteiger partial charge in [0, 0.05) is 5.54 Å². The molecule has 0 bridgehead atoms. The molecular formula is C11H23N. The standard InChI is InChI=1S/C11H23N/c1-7-11(6,12)9(2)8-10(3,4)5/h2,7-8,12H2,1,3-6H3. The zero-order valence-corrected chi connectivity index (χ0v) is 9.20. The number of nitrogens with two attached hydrogens (primary N) is 1. The fourth-order valence-corrected chi connectivity index (χ4v) is 1.09. The normalized spacial score (nSPS) is 17.2. The van der Waals surface area contributed by atoms with Crippen LogP contribution in [-0.4, -0.2) is 5.54 Å². The van der Waals surface area contributed by atoms with E-state index in [0.29, 0.717) is 5.41 Å². The topological polar surface area (TPSA) is 26.0 Å². The monoisotopic (exact) mass is 169 g/mol. The smallest absolute Gasteiger partial charge is 0.0335 e. The van der Waals surface area contributed by atoms with E-state index >= 15 is 0 Å². The van der Waals surface area contributed by atoms with E-state index in [1.807, 2.05) is 0 Å². The summed E-state index contributed by atoms with van der Waals surface area (Å²) in [5.74, 6) is 0. The second-order valence-electron chi connectivity index (χ2n) is 5.11. The average molecular weight is 169 g/mol. The molecule has 0 radical (unpaired) electrons. The molecule has 1 nitrogen and oxygen atoms in total. The molecular weight excluding hydrogens is 146 g/mol. The van der Waals surface area contributed by atoms with Gasteiger partial charge in [0.05, 0.1) is 0 Å². The van der Waals surface area contributed by atoms with E-state index in [1.165, 1.54) is 0 Å². The van der Waals surface area contributed by atoms with Crippen LogP contribution in [0.4, 0.5) is 0 Å². The fraction of sp³-hybridized carbons (Fsp3) is 0.818. The largest absolute Gasteiger partial charge is 0.322 e. The summed E-state index contributed by atoms with van der Waals surface area (Å²) in [6.45, 7) is 14.9. The van der Waals surface area contributed by atoms with Gasteiger partial charge in [0.25, 0.3) is 0 Å². The maximum Gasteiger partial charge on any atom is 0.0335 e. The molecule has 1 unspecified atom stereocenters. The minimum Gasteiger partial charge on any atom is -0.322 e. The van der Waals surface area contributed by atoms with Crippen molar-refractivity contribution in [1.29, 1.82) is 0 Å². The van der Waals surface area contributed by atoms with E-state index in [9.17, 15) is 0 Å². The van der Waals surface area contributed by atoms with Crippen LogP contribution in [0.3, 0.4) is 0 Å². The van der Waals surface area contributed by atoms with Gasteiger partial charge in [0.2, 0.25) is 0 Å². The van der Waals surface area contributed by atoms with Crippen LogP contribution < -0.4 is 5.73 Å². The van der Waals surface area contributed by atoms with Crippen molar-refractivity contribution in [2.75, 3.05) is 0 Å². The van der Waals surface area contributed by atoms with Gasteiger partial charge < -0.3 is 5.73 Å². The third-order valence-electron chi connectivity index (χ3n) is 2.29. The summed E-state index contributed by atoms with van der Waals surface area (Å²) >= 11 is 0. The van der Waals surface area contributed by atoms with Crippen molar-refractivity contribution in [3.8, 4) is 0 Å². The SMILES string of the molecule is C=C(CC(C)(C)C)C(C)(N)CC. The Morgan fingerprint density at radius 3 is 1.92 bits per heavy atom. The molecule has 0 heterocycles. The Bertz CT molecular complexity index is 160. The van der Waals surface area contributed by atoms with Gasteiger partial charge in [-0.1, -0.05) is 39.8 Å². The minimum atomic E-state index is -0.187. The van der Waals surface area contributed by atoms with Crippen LogP contribution in [-0.2, 0) is 0 Å². The highest BCUT2D eigenvalue weighted by Gasteiger charge is 2.23.